The quantitative estimate of drug-likeness (QED) is 0.357. The van der Waals surface area contributed by atoms with Crippen molar-refractivity contribution in [3.05, 3.63) is 52.0 Å². The Hall–Kier alpha value is -2.22. The van der Waals surface area contributed by atoms with Crippen LogP contribution in [0.15, 0.2) is 28.8 Å². The van der Waals surface area contributed by atoms with Crippen molar-refractivity contribution in [1.29, 1.82) is 0 Å². The van der Waals surface area contributed by atoms with Crippen molar-refractivity contribution >= 4 is 29.8 Å². The van der Waals surface area contributed by atoms with E-state index in [2.05, 4.69) is 40.7 Å². The molecule has 1 atom stereocenters. The van der Waals surface area contributed by atoms with Gasteiger partial charge in [0.1, 0.15) is 17.4 Å². The number of carbonyl (C=O) groups is 1. The monoisotopic (exact) mass is 520 g/mol. The molecule has 0 aliphatic heterocycles. The standard InChI is InChI=1S/C26H33ClN4O3.ClH/c1-16-11-19(27)6-5-17(16)12-21(33)13-18(9-10-32)24-28-29-25(31(24)20-7-8-20)23-14-22(34-30-23)15-26(2,3)4;/h5-6,11,14,18,20,32H,7-10,12-13,15H2,1-4H3;1H/t18-;/m0./s1. The minimum absolute atomic E-state index is 0. The third kappa shape index (κ3) is 6.93. The molecule has 0 radical (unpaired) electrons. The third-order valence-corrected chi connectivity index (χ3v) is 6.37. The fourth-order valence-electron chi connectivity index (χ4n) is 4.37. The van der Waals surface area contributed by atoms with Crippen LogP contribution in [0.3, 0.4) is 0 Å². The number of benzene rings is 1. The Bertz CT molecular complexity index is 1160. The number of rotatable bonds is 10. The number of aliphatic hydroxyl groups excluding tert-OH is 1. The molecule has 4 rings (SSSR count). The maximum Gasteiger partial charge on any atom is 0.186 e. The smallest absolute Gasteiger partial charge is 0.186 e. The van der Waals surface area contributed by atoms with Crippen molar-refractivity contribution in [2.24, 2.45) is 5.41 Å². The van der Waals surface area contributed by atoms with E-state index >= 15 is 0 Å². The molecule has 2 heterocycles. The summed E-state index contributed by atoms with van der Waals surface area (Å²) in [6.45, 7) is 8.40. The SMILES string of the molecule is Cc1cc(Cl)ccc1CC(=O)C[C@H](CCO)c1nnc(-c2cc(CC(C)(C)C)on2)n1C1CC1.Cl. The van der Waals surface area contributed by atoms with Gasteiger partial charge in [-0.15, -0.1) is 22.6 Å². The highest BCUT2D eigenvalue weighted by Gasteiger charge is 2.34. The first-order valence-corrected chi connectivity index (χ1v) is 12.3. The highest BCUT2D eigenvalue weighted by molar-refractivity contribution is 6.30. The molecular formula is C26H34Cl2N4O3. The molecule has 1 N–H and O–H groups in total. The molecule has 1 aromatic carbocycles. The Labute approximate surface area is 217 Å². The number of nitrogens with zero attached hydrogens (tertiary/aromatic N) is 4. The first-order valence-electron chi connectivity index (χ1n) is 11.9. The topological polar surface area (TPSA) is 94.0 Å². The van der Waals surface area contributed by atoms with Crippen LogP contribution in [0.5, 0.6) is 0 Å². The molecule has 0 bridgehead atoms. The summed E-state index contributed by atoms with van der Waals surface area (Å²) >= 11 is 6.06. The molecule has 0 saturated heterocycles. The van der Waals surface area contributed by atoms with Crippen molar-refractivity contribution in [2.45, 2.75) is 78.2 Å². The van der Waals surface area contributed by atoms with Gasteiger partial charge in [0.2, 0.25) is 0 Å². The van der Waals surface area contributed by atoms with Gasteiger partial charge in [0, 0.05) is 48.9 Å². The zero-order chi connectivity index (χ0) is 24.5. The second-order valence-corrected chi connectivity index (χ2v) is 11.0. The highest BCUT2D eigenvalue weighted by Crippen LogP contribution is 2.41. The van der Waals surface area contributed by atoms with Crippen molar-refractivity contribution in [3.8, 4) is 11.5 Å². The molecule has 1 aliphatic carbocycles. The summed E-state index contributed by atoms with van der Waals surface area (Å²) in [5, 5.41) is 23.6. The Kier molecular flexibility index (Phi) is 8.78. The Morgan fingerprint density at radius 2 is 2.00 bits per heavy atom. The molecule has 2 aromatic heterocycles. The van der Waals surface area contributed by atoms with Crippen LogP contribution in [0.2, 0.25) is 5.02 Å². The molecule has 9 heteroatoms. The first-order chi connectivity index (χ1) is 16.1. The largest absolute Gasteiger partial charge is 0.396 e. The molecule has 0 amide bonds. The summed E-state index contributed by atoms with van der Waals surface area (Å²) in [4.78, 5) is 13.0. The lowest BCUT2D eigenvalue weighted by molar-refractivity contribution is -0.118. The van der Waals surface area contributed by atoms with Gasteiger partial charge in [-0.3, -0.25) is 4.79 Å². The number of ketones is 1. The van der Waals surface area contributed by atoms with E-state index in [-0.39, 0.29) is 42.2 Å². The van der Waals surface area contributed by atoms with E-state index < -0.39 is 0 Å². The van der Waals surface area contributed by atoms with E-state index in [1.807, 2.05) is 31.2 Å². The zero-order valence-corrected chi connectivity index (χ0v) is 22.3. The molecule has 1 saturated carbocycles. The second kappa shape index (κ2) is 11.2. The molecular weight excluding hydrogens is 487 g/mol. The minimum Gasteiger partial charge on any atom is -0.396 e. The van der Waals surface area contributed by atoms with Crippen LogP contribution in [0.1, 0.15) is 81.1 Å². The number of aliphatic hydroxyl groups is 1. The van der Waals surface area contributed by atoms with E-state index in [9.17, 15) is 9.90 Å². The zero-order valence-electron chi connectivity index (χ0n) is 20.8. The number of Topliss-reactive ketones (excluding diaryl/α,β-unsaturated/α-hetero) is 1. The van der Waals surface area contributed by atoms with Crippen LogP contribution in [0.25, 0.3) is 11.5 Å². The molecule has 35 heavy (non-hydrogen) atoms. The maximum atomic E-state index is 13.0. The summed E-state index contributed by atoms with van der Waals surface area (Å²) in [5.41, 5.74) is 2.72. The van der Waals surface area contributed by atoms with Crippen LogP contribution >= 0.6 is 24.0 Å². The maximum absolute atomic E-state index is 13.0. The number of aromatic nitrogens is 4. The van der Waals surface area contributed by atoms with Gasteiger partial charge >= 0.3 is 0 Å². The Morgan fingerprint density at radius 3 is 2.63 bits per heavy atom. The molecule has 7 nitrogen and oxygen atoms in total. The first kappa shape index (κ1) is 27.4. The number of carbonyl (C=O) groups excluding carboxylic acids is 1. The van der Waals surface area contributed by atoms with E-state index in [0.29, 0.717) is 35.8 Å². The lowest BCUT2D eigenvalue weighted by Crippen LogP contribution is -2.16. The van der Waals surface area contributed by atoms with Gasteiger partial charge in [-0.1, -0.05) is 43.6 Å². The van der Waals surface area contributed by atoms with Crippen molar-refractivity contribution < 1.29 is 14.4 Å². The van der Waals surface area contributed by atoms with Gasteiger partial charge in [-0.25, -0.2) is 0 Å². The molecule has 3 aromatic rings. The average molecular weight is 521 g/mol. The molecule has 0 spiro atoms. The summed E-state index contributed by atoms with van der Waals surface area (Å²) in [6, 6.07) is 7.81. The summed E-state index contributed by atoms with van der Waals surface area (Å²) in [6.07, 6.45) is 3.92. The lowest BCUT2D eigenvalue weighted by Gasteiger charge is -2.17. The normalized spacial score (nSPS) is 14.6. The fourth-order valence-corrected chi connectivity index (χ4v) is 4.60. The van der Waals surface area contributed by atoms with Gasteiger partial charge < -0.3 is 14.2 Å². The van der Waals surface area contributed by atoms with E-state index in [1.165, 1.54) is 0 Å². The number of hydrogen-bond acceptors (Lipinski definition) is 6. The van der Waals surface area contributed by atoms with Gasteiger partial charge in [0.05, 0.1) is 0 Å². The van der Waals surface area contributed by atoms with Gasteiger partial charge in [0.25, 0.3) is 0 Å². The molecule has 0 unspecified atom stereocenters. The van der Waals surface area contributed by atoms with E-state index in [0.717, 1.165) is 42.0 Å². The van der Waals surface area contributed by atoms with Crippen LogP contribution in [-0.4, -0.2) is 37.4 Å². The lowest BCUT2D eigenvalue weighted by atomic mass is 9.91. The molecule has 1 fully saturated rings. The van der Waals surface area contributed by atoms with Gasteiger partial charge in [-0.2, -0.15) is 0 Å². The Balaban J connectivity index is 0.00000342. The predicted octanol–water partition coefficient (Wildman–Crippen LogP) is 5.91. The van der Waals surface area contributed by atoms with E-state index in [1.54, 1.807) is 0 Å². The van der Waals surface area contributed by atoms with Crippen molar-refractivity contribution in [3.63, 3.8) is 0 Å². The number of halogens is 2. The summed E-state index contributed by atoms with van der Waals surface area (Å²) in [5.74, 6) is 2.12. The molecule has 190 valence electrons. The van der Waals surface area contributed by atoms with Crippen LogP contribution < -0.4 is 0 Å². The second-order valence-electron chi connectivity index (χ2n) is 10.6. The van der Waals surface area contributed by atoms with Gasteiger partial charge in [0.15, 0.2) is 11.5 Å². The van der Waals surface area contributed by atoms with E-state index in [4.69, 9.17) is 16.1 Å². The number of aryl methyl sites for hydroxylation is 1. The van der Waals surface area contributed by atoms with Crippen LogP contribution in [0.4, 0.5) is 0 Å². The Morgan fingerprint density at radius 1 is 1.26 bits per heavy atom. The van der Waals surface area contributed by atoms with Crippen molar-refractivity contribution in [1.82, 2.24) is 19.9 Å². The highest BCUT2D eigenvalue weighted by atomic mass is 35.5. The minimum atomic E-state index is -0.215. The molecule has 1 aliphatic rings. The summed E-state index contributed by atoms with van der Waals surface area (Å²) in [7, 11) is 0. The van der Waals surface area contributed by atoms with Gasteiger partial charge in [-0.05, 0) is 54.9 Å². The van der Waals surface area contributed by atoms with Crippen LogP contribution in [0, 0.1) is 12.3 Å². The number of hydrogen-bond donors (Lipinski definition) is 1. The summed E-state index contributed by atoms with van der Waals surface area (Å²) < 4.78 is 7.69. The predicted molar refractivity (Wildman–Crippen MR) is 138 cm³/mol. The fraction of sp³-hybridized carbons (Fsp3) is 0.538. The van der Waals surface area contributed by atoms with Crippen LogP contribution in [-0.2, 0) is 17.6 Å². The third-order valence-electron chi connectivity index (χ3n) is 6.14. The van der Waals surface area contributed by atoms with Crippen molar-refractivity contribution in [2.75, 3.05) is 6.61 Å². The average Bonchev–Trinajstić information content (AvgIpc) is 3.32.